The highest BCUT2D eigenvalue weighted by molar-refractivity contribution is 7.89. The smallest absolute Gasteiger partial charge is 0.255 e. The summed E-state index contributed by atoms with van der Waals surface area (Å²) in [7, 11) is -3.66. The number of sulfonamides is 1. The third kappa shape index (κ3) is 4.06. The van der Waals surface area contributed by atoms with Crippen LogP contribution in [0.5, 0.6) is 0 Å². The molecule has 8 nitrogen and oxygen atoms in total. The first-order valence-electron chi connectivity index (χ1n) is 11.0. The standard InChI is InChI=1S/C24H29N5O3S/c1-16-17(2)19(4)23(20(5)18(16)3)33(31,32)28-13-11-27(12-14-28)24(30)21-7-8-22(25-15-21)29-10-6-9-26-29/h6-10,15H,11-14H2,1-5H3. The third-order valence-electron chi connectivity index (χ3n) is 6.79. The average Bonchev–Trinajstić information content (AvgIpc) is 3.36. The zero-order valence-electron chi connectivity index (χ0n) is 19.7. The quantitative estimate of drug-likeness (QED) is 0.589. The van der Waals surface area contributed by atoms with Crippen LogP contribution in [0.15, 0.2) is 41.7 Å². The first kappa shape index (κ1) is 23.1. The summed E-state index contributed by atoms with van der Waals surface area (Å²) in [5.41, 5.74) is 5.23. The number of aromatic nitrogens is 3. The van der Waals surface area contributed by atoms with Gasteiger partial charge in [0.1, 0.15) is 0 Å². The summed E-state index contributed by atoms with van der Waals surface area (Å²) in [4.78, 5) is 19.4. The molecule has 3 heterocycles. The Morgan fingerprint density at radius 1 is 0.879 bits per heavy atom. The molecule has 1 aromatic carbocycles. The molecule has 0 atom stereocenters. The van der Waals surface area contributed by atoms with Crippen LogP contribution in [0.25, 0.3) is 5.82 Å². The van der Waals surface area contributed by atoms with Crippen LogP contribution in [-0.4, -0.2) is 64.5 Å². The minimum atomic E-state index is -3.66. The van der Waals surface area contributed by atoms with Gasteiger partial charge in [-0.05, 0) is 80.6 Å². The van der Waals surface area contributed by atoms with Gasteiger partial charge in [-0.15, -0.1) is 0 Å². The van der Waals surface area contributed by atoms with Crippen molar-refractivity contribution in [3.63, 3.8) is 0 Å². The molecule has 1 amide bonds. The Bertz CT molecular complexity index is 1260. The van der Waals surface area contributed by atoms with Crippen LogP contribution in [0.3, 0.4) is 0 Å². The van der Waals surface area contributed by atoms with E-state index < -0.39 is 10.0 Å². The molecule has 0 saturated carbocycles. The van der Waals surface area contributed by atoms with E-state index in [1.165, 1.54) is 10.5 Å². The fourth-order valence-electron chi connectivity index (χ4n) is 4.35. The SMILES string of the molecule is Cc1c(C)c(C)c(S(=O)(=O)N2CCN(C(=O)c3ccc(-n4cccn4)nc3)CC2)c(C)c1C. The lowest BCUT2D eigenvalue weighted by molar-refractivity contribution is 0.0697. The number of carbonyl (C=O) groups is 1. The maximum atomic E-state index is 13.5. The molecule has 0 unspecified atom stereocenters. The van der Waals surface area contributed by atoms with Gasteiger partial charge in [0.25, 0.3) is 5.91 Å². The highest BCUT2D eigenvalue weighted by atomic mass is 32.2. The van der Waals surface area contributed by atoms with Gasteiger partial charge in [-0.1, -0.05) is 0 Å². The number of amides is 1. The number of nitrogens with zero attached hydrogens (tertiary/aromatic N) is 5. The molecule has 0 spiro atoms. The van der Waals surface area contributed by atoms with Crippen molar-refractivity contribution >= 4 is 15.9 Å². The number of hydrogen-bond donors (Lipinski definition) is 0. The van der Waals surface area contributed by atoms with Crippen molar-refractivity contribution in [1.82, 2.24) is 24.0 Å². The normalized spacial score (nSPS) is 15.1. The van der Waals surface area contributed by atoms with Gasteiger partial charge in [-0.25, -0.2) is 18.1 Å². The molecule has 0 N–H and O–H groups in total. The van der Waals surface area contributed by atoms with E-state index in [1.54, 1.807) is 40.2 Å². The van der Waals surface area contributed by atoms with Crippen LogP contribution in [0.1, 0.15) is 38.2 Å². The van der Waals surface area contributed by atoms with Crippen LogP contribution < -0.4 is 0 Å². The van der Waals surface area contributed by atoms with Gasteiger partial charge in [-0.3, -0.25) is 4.79 Å². The Morgan fingerprint density at radius 3 is 2.00 bits per heavy atom. The fraction of sp³-hybridized carbons (Fsp3) is 0.375. The van der Waals surface area contributed by atoms with Crippen molar-refractivity contribution < 1.29 is 13.2 Å². The van der Waals surface area contributed by atoms with Gasteiger partial charge >= 0.3 is 0 Å². The molecule has 1 saturated heterocycles. The number of benzene rings is 1. The Morgan fingerprint density at radius 2 is 1.48 bits per heavy atom. The number of carbonyl (C=O) groups excluding carboxylic acids is 1. The summed E-state index contributed by atoms with van der Waals surface area (Å²) in [6.45, 7) is 10.9. The fourth-order valence-corrected chi connectivity index (χ4v) is 6.33. The van der Waals surface area contributed by atoms with Crippen LogP contribution in [0.4, 0.5) is 0 Å². The first-order chi connectivity index (χ1) is 15.6. The van der Waals surface area contributed by atoms with E-state index in [0.29, 0.717) is 29.4 Å². The van der Waals surface area contributed by atoms with Gasteiger partial charge in [0.15, 0.2) is 5.82 Å². The van der Waals surface area contributed by atoms with Gasteiger partial charge < -0.3 is 4.90 Å². The van der Waals surface area contributed by atoms with Crippen molar-refractivity contribution in [1.29, 1.82) is 0 Å². The summed E-state index contributed by atoms with van der Waals surface area (Å²) < 4.78 is 30.2. The minimum Gasteiger partial charge on any atom is -0.336 e. The van der Waals surface area contributed by atoms with Crippen molar-refractivity contribution in [2.75, 3.05) is 26.2 Å². The van der Waals surface area contributed by atoms with Crippen LogP contribution in [-0.2, 0) is 10.0 Å². The molecule has 33 heavy (non-hydrogen) atoms. The van der Waals surface area contributed by atoms with Gasteiger partial charge in [0, 0.05) is 44.8 Å². The summed E-state index contributed by atoms with van der Waals surface area (Å²) in [6.07, 6.45) is 4.98. The Kier molecular flexibility index (Phi) is 6.11. The monoisotopic (exact) mass is 467 g/mol. The molecular weight excluding hydrogens is 438 g/mol. The lowest BCUT2D eigenvalue weighted by Gasteiger charge is -2.35. The summed E-state index contributed by atoms with van der Waals surface area (Å²) >= 11 is 0. The van der Waals surface area contributed by atoms with Crippen LogP contribution >= 0.6 is 0 Å². The van der Waals surface area contributed by atoms with E-state index in [2.05, 4.69) is 10.1 Å². The van der Waals surface area contributed by atoms with E-state index in [0.717, 1.165) is 27.8 Å². The van der Waals surface area contributed by atoms with Gasteiger partial charge in [0.2, 0.25) is 10.0 Å². The van der Waals surface area contributed by atoms with E-state index >= 15 is 0 Å². The second kappa shape index (κ2) is 8.72. The highest BCUT2D eigenvalue weighted by Crippen LogP contribution is 2.32. The molecular formula is C24H29N5O3S. The first-order valence-corrected chi connectivity index (χ1v) is 12.4. The summed E-state index contributed by atoms with van der Waals surface area (Å²) in [5.74, 6) is 0.475. The maximum Gasteiger partial charge on any atom is 0.255 e. The molecule has 3 aromatic rings. The molecule has 2 aromatic heterocycles. The summed E-state index contributed by atoms with van der Waals surface area (Å²) in [5, 5.41) is 4.13. The predicted octanol–water partition coefficient (Wildman–Crippen LogP) is 2.96. The molecule has 9 heteroatoms. The van der Waals surface area contributed by atoms with Gasteiger partial charge in [-0.2, -0.15) is 9.40 Å². The number of rotatable bonds is 4. The molecule has 4 rings (SSSR count). The minimum absolute atomic E-state index is 0.152. The Labute approximate surface area is 194 Å². The van der Waals surface area contributed by atoms with Crippen molar-refractivity contribution in [2.45, 2.75) is 39.5 Å². The Hall–Kier alpha value is -3.04. The maximum absolute atomic E-state index is 13.5. The molecule has 0 bridgehead atoms. The van der Waals surface area contributed by atoms with Crippen molar-refractivity contribution in [2.24, 2.45) is 0 Å². The number of piperazine rings is 1. The van der Waals surface area contributed by atoms with Crippen LogP contribution in [0, 0.1) is 34.6 Å². The second-order valence-electron chi connectivity index (χ2n) is 8.51. The number of hydrogen-bond acceptors (Lipinski definition) is 5. The predicted molar refractivity (Wildman–Crippen MR) is 126 cm³/mol. The summed E-state index contributed by atoms with van der Waals surface area (Å²) in [6, 6.07) is 5.27. The zero-order valence-corrected chi connectivity index (χ0v) is 20.5. The van der Waals surface area contributed by atoms with E-state index in [9.17, 15) is 13.2 Å². The van der Waals surface area contributed by atoms with Gasteiger partial charge in [0.05, 0.1) is 10.5 Å². The third-order valence-corrected chi connectivity index (χ3v) is 8.96. The van der Waals surface area contributed by atoms with Crippen LogP contribution in [0.2, 0.25) is 0 Å². The molecule has 0 aliphatic carbocycles. The molecule has 1 aliphatic heterocycles. The second-order valence-corrected chi connectivity index (χ2v) is 10.4. The largest absolute Gasteiger partial charge is 0.336 e. The number of pyridine rings is 1. The lowest BCUT2D eigenvalue weighted by Crippen LogP contribution is -2.50. The highest BCUT2D eigenvalue weighted by Gasteiger charge is 2.33. The van der Waals surface area contributed by atoms with Crippen molar-refractivity contribution in [3.8, 4) is 5.82 Å². The molecule has 174 valence electrons. The molecule has 0 radical (unpaired) electrons. The average molecular weight is 468 g/mol. The lowest BCUT2D eigenvalue weighted by atomic mass is 9.95. The van der Waals surface area contributed by atoms with E-state index in [-0.39, 0.29) is 19.0 Å². The Balaban J connectivity index is 1.49. The zero-order chi connectivity index (χ0) is 23.9. The molecule has 1 fully saturated rings. The van der Waals surface area contributed by atoms with E-state index in [1.807, 2.05) is 34.6 Å². The topological polar surface area (TPSA) is 88.4 Å². The molecule has 1 aliphatic rings. The van der Waals surface area contributed by atoms with E-state index in [4.69, 9.17) is 0 Å². The van der Waals surface area contributed by atoms with Crippen molar-refractivity contribution in [3.05, 3.63) is 70.2 Å².